The summed E-state index contributed by atoms with van der Waals surface area (Å²) in [6, 6.07) is 10.5. The first kappa shape index (κ1) is 17.0. The first-order valence-corrected chi connectivity index (χ1v) is 7.15. The van der Waals surface area contributed by atoms with Gasteiger partial charge in [0.05, 0.1) is 11.7 Å². The Balaban J connectivity index is 2.02. The van der Waals surface area contributed by atoms with Gasteiger partial charge in [-0.25, -0.2) is 13.2 Å². The fourth-order valence-electron chi connectivity index (χ4n) is 2.15. The molecule has 0 fully saturated rings. The Morgan fingerprint density at radius 1 is 0.957 bits per heavy atom. The largest absolute Gasteiger partial charge is 0.322 e. The summed E-state index contributed by atoms with van der Waals surface area (Å²) in [5.74, 6) is -4.87. The van der Waals surface area contributed by atoms with E-state index in [0.29, 0.717) is 0 Å². The molecular formula is C17H17F3N2O. The Morgan fingerprint density at radius 2 is 1.61 bits per heavy atom. The van der Waals surface area contributed by atoms with E-state index in [4.69, 9.17) is 0 Å². The molecule has 0 aliphatic carbocycles. The van der Waals surface area contributed by atoms with Crippen LogP contribution in [0.1, 0.15) is 25.5 Å². The lowest BCUT2D eigenvalue weighted by molar-refractivity contribution is -0.118. The highest BCUT2D eigenvalue weighted by atomic mass is 19.2. The second-order valence-corrected chi connectivity index (χ2v) is 5.23. The molecule has 0 heterocycles. The van der Waals surface area contributed by atoms with E-state index in [1.54, 1.807) is 6.92 Å². The molecule has 2 aromatic carbocycles. The average Bonchev–Trinajstić information content (AvgIpc) is 2.56. The lowest BCUT2D eigenvalue weighted by Gasteiger charge is -2.20. The van der Waals surface area contributed by atoms with Crippen molar-refractivity contribution in [2.75, 3.05) is 5.32 Å². The summed E-state index contributed by atoms with van der Waals surface area (Å²) in [5.41, 5.74) is 0.598. The van der Waals surface area contributed by atoms with Gasteiger partial charge in [0, 0.05) is 6.04 Å². The van der Waals surface area contributed by atoms with Gasteiger partial charge in [-0.05, 0) is 31.5 Å². The molecule has 0 aliphatic heterocycles. The molecule has 6 heteroatoms. The van der Waals surface area contributed by atoms with Crippen molar-refractivity contribution in [2.45, 2.75) is 25.9 Å². The third kappa shape index (κ3) is 4.10. The van der Waals surface area contributed by atoms with Crippen LogP contribution in [0.5, 0.6) is 0 Å². The molecule has 0 saturated heterocycles. The summed E-state index contributed by atoms with van der Waals surface area (Å²) < 4.78 is 39.6. The molecule has 0 spiro atoms. The average molecular weight is 322 g/mol. The summed E-state index contributed by atoms with van der Waals surface area (Å²) in [4.78, 5) is 12.1. The van der Waals surface area contributed by atoms with Crippen LogP contribution < -0.4 is 10.6 Å². The minimum atomic E-state index is -1.61. The number of carbonyl (C=O) groups is 1. The van der Waals surface area contributed by atoms with Crippen LogP contribution in [0.15, 0.2) is 42.5 Å². The van der Waals surface area contributed by atoms with Crippen LogP contribution in [0.25, 0.3) is 0 Å². The zero-order chi connectivity index (χ0) is 17.0. The smallest absolute Gasteiger partial charge is 0.241 e. The molecule has 0 aromatic heterocycles. The summed E-state index contributed by atoms with van der Waals surface area (Å²) in [7, 11) is 0. The predicted octanol–water partition coefficient (Wildman–Crippen LogP) is 3.78. The Labute approximate surface area is 132 Å². The van der Waals surface area contributed by atoms with E-state index in [1.807, 2.05) is 37.3 Å². The molecule has 0 radical (unpaired) electrons. The zero-order valence-corrected chi connectivity index (χ0v) is 12.7. The van der Waals surface area contributed by atoms with E-state index in [0.717, 1.165) is 17.7 Å². The third-order valence-corrected chi connectivity index (χ3v) is 3.49. The number of amides is 1. The number of hydrogen-bond donors (Lipinski definition) is 2. The molecule has 23 heavy (non-hydrogen) atoms. The van der Waals surface area contributed by atoms with E-state index in [1.165, 1.54) is 0 Å². The normalized spacial score (nSPS) is 13.4. The monoisotopic (exact) mass is 322 g/mol. The van der Waals surface area contributed by atoms with Crippen molar-refractivity contribution in [3.8, 4) is 0 Å². The quantitative estimate of drug-likeness (QED) is 0.823. The highest BCUT2D eigenvalue weighted by Gasteiger charge is 2.20. The third-order valence-electron chi connectivity index (χ3n) is 3.49. The summed E-state index contributed by atoms with van der Waals surface area (Å²) in [5, 5.41) is 5.31. The van der Waals surface area contributed by atoms with Gasteiger partial charge in [0.2, 0.25) is 5.91 Å². The first-order chi connectivity index (χ1) is 10.9. The van der Waals surface area contributed by atoms with E-state index < -0.39 is 35.1 Å². The van der Waals surface area contributed by atoms with E-state index in [9.17, 15) is 18.0 Å². The van der Waals surface area contributed by atoms with Gasteiger partial charge in [-0.3, -0.25) is 10.1 Å². The molecule has 3 nitrogen and oxygen atoms in total. The van der Waals surface area contributed by atoms with Crippen LogP contribution in [0.3, 0.4) is 0 Å². The van der Waals surface area contributed by atoms with Crippen LogP contribution >= 0.6 is 0 Å². The summed E-state index contributed by atoms with van der Waals surface area (Å²) >= 11 is 0. The number of carbonyl (C=O) groups excluding carboxylic acids is 1. The topological polar surface area (TPSA) is 41.1 Å². The molecule has 2 rings (SSSR count). The molecule has 0 saturated carbocycles. The Hall–Kier alpha value is -2.34. The Bertz CT molecular complexity index is 692. The minimum Gasteiger partial charge on any atom is -0.322 e. The van der Waals surface area contributed by atoms with Crippen molar-refractivity contribution < 1.29 is 18.0 Å². The maximum atomic E-state index is 13.6. The van der Waals surface area contributed by atoms with Gasteiger partial charge >= 0.3 is 0 Å². The molecule has 2 unspecified atom stereocenters. The molecule has 0 aliphatic rings. The lowest BCUT2D eigenvalue weighted by atomic mass is 10.1. The van der Waals surface area contributed by atoms with Crippen molar-refractivity contribution in [1.82, 2.24) is 5.32 Å². The minimum absolute atomic E-state index is 0.105. The second-order valence-electron chi connectivity index (χ2n) is 5.23. The Kier molecular flexibility index (Phi) is 5.39. The maximum Gasteiger partial charge on any atom is 0.241 e. The molecule has 2 N–H and O–H groups in total. The number of anilines is 1. The SMILES string of the molecule is CC(NC(C)c1ccccc1)C(=O)Nc1ccc(F)c(F)c1F. The number of rotatable bonds is 5. The summed E-state index contributed by atoms with van der Waals surface area (Å²) in [6.45, 7) is 3.49. The number of benzene rings is 2. The Morgan fingerprint density at radius 3 is 2.26 bits per heavy atom. The van der Waals surface area contributed by atoms with Crippen molar-refractivity contribution in [2.24, 2.45) is 0 Å². The van der Waals surface area contributed by atoms with E-state index in [2.05, 4.69) is 10.6 Å². The summed E-state index contributed by atoms with van der Waals surface area (Å²) in [6.07, 6.45) is 0. The van der Waals surface area contributed by atoms with Gasteiger partial charge in [0.25, 0.3) is 0 Å². The first-order valence-electron chi connectivity index (χ1n) is 7.15. The second kappa shape index (κ2) is 7.28. The number of nitrogens with one attached hydrogen (secondary N) is 2. The van der Waals surface area contributed by atoms with Gasteiger partial charge in [-0.15, -0.1) is 0 Å². The molecule has 0 bridgehead atoms. The van der Waals surface area contributed by atoms with E-state index in [-0.39, 0.29) is 6.04 Å². The van der Waals surface area contributed by atoms with E-state index >= 15 is 0 Å². The van der Waals surface area contributed by atoms with Crippen LogP contribution in [-0.2, 0) is 4.79 Å². The predicted molar refractivity (Wildman–Crippen MR) is 82.4 cm³/mol. The van der Waals surface area contributed by atoms with Gasteiger partial charge in [0.15, 0.2) is 17.5 Å². The number of halogens is 3. The van der Waals surface area contributed by atoms with Crippen molar-refractivity contribution in [3.05, 3.63) is 65.5 Å². The van der Waals surface area contributed by atoms with Gasteiger partial charge in [0.1, 0.15) is 0 Å². The highest BCUT2D eigenvalue weighted by molar-refractivity contribution is 5.94. The van der Waals surface area contributed by atoms with Crippen molar-refractivity contribution in [1.29, 1.82) is 0 Å². The molecule has 2 aromatic rings. The molecular weight excluding hydrogens is 305 g/mol. The van der Waals surface area contributed by atoms with Gasteiger partial charge < -0.3 is 5.32 Å². The van der Waals surface area contributed by atoms with Crippen LogP contribution in [0.4, 0.5) is 18.9 Å². The molecule has 2 atom stereocenters. The fraction of sp³-hybridized carbons (Fsp3) is 0.235. The van der Waals surface area contributed by atoms with Crippen LogP contribution in [0.2, 0.25) is 0 Å². The van der Waals surface area contributed by atoms with Crippen LogP contribution in [0, 0.1) is 17.5 Å². The molecule has 122 valence electrons. The highest BCUT2D eigenvalue weighted by Crippen LogP contribution is 2.20. The van der Waals surface area contributed by atoms with Gasteiger partial charge in [-0.2, -0.15) is 0 Å². The van der Waals surface area contributed by atoms with Crippen molar-refractivity contribution >= 4 is 11.6 Å². The van der Waals surface area contributed by atoms with Crippen LogP contribution in [-0.4, -0.2) is 11.9 Å². The van der Waals surface area contributed by atoms with Gasteiger partial charge in [-0.1, -0.05) is 30.3 Å². The zero-order valence-electron chi connectivity index (χ0n) is 12.7. The molecule has 1 amide bonds. The number of hydrogen-bond acceptors (Lipinski definition) is 2. The maximum absolute atomic E-state index is 13.6. The standard InChI is InChI=1S/C17H17F3N2O/c1-10(12-6-4-3-5-7-12)21-11(2)17(23)22-14-9-8-13(18)15(19)16(14)20/h3-11,21H,1-2H3,(H,22,23). The fourth-order valence-corrected chi connectivity index (χ4v) is 2.15. The lowest BCUT2D eigenvalue weighted by Crippen LogP contribution is -2.39. The van der Waals surface area contributed by atoms with Crippen molar-refractivity contribution in [3.63, 3.8) is 0 Å².